The minimum atomic E-state index is 0.0353. The SMILES string of the molecule is Cc1cccc(C)c1-n1c(C)cc([C@@H]2[C@H](c3ccccn3)N=C3S[C@H](C)CN32)c1C. The van der Waals surface area contributed by atoms with Crippen LogP contribution in [-0.2, 0) is 0 Å². The van der Waals surface area contributed by atoms with Gasteiger partial charge in [0.15, 0.2) is 5.17 Å². The highest BCUT2D eigenvalue weighted by molar-refractivity contribution is 8.14. The molecule has 0 aliphatic carbocycles. The number of aryl methyl sites for hydroxylation is 3. The van der Waals surface area contributed by atoms with E-state index in [-0.39, 0.29) is 12.1 Å². The predicted molar refractivity (Wildman–Crippen MR) is 126 cm³/mol. The highest BCUT2D eigenvalue weighted by Gasteiger charge is 2.44. The van der Waals surface area contributed by atoms with Gasteiger partial charge >= 0.3 is 0 Å². The van der Waals surface area contributed by atoms with E-state index in [0.717, 1.165) is 12.2 Å². The molecule has 4 nitrogen and oxygen atoms in total. The Labute approximate surface area is 183 Å². The Bertz CT molecular complexity index is 1110. The molecule has 0 saturated carbocycles. The van der Waals surface area contributed by atoms with Crippen LogP contribution in [0.2, 0.25) is 0 Å². The number of hydrogen-bond acceptors (Lipinski definition) is 4. The lowest BCUT2D eigenvalue weighted by atomic mass is 9.96. The predicted octanol–water partition coefficient (Wildman–Crippen LogP) is 5.70. The Balaban J connectivity index is 1.66. The van der Waals surface area contributed by atoms with Crippen LogP contribution in [0.15, 0.2) is 53.7 Å². The molecule has 4 heterocycles. The molecule has 2 aromatic heterocycles. The topological polar surface area (TPSA) is 33.4 Å². The Morgan fingerprint density at radius 1 is 1.00 bits per heavy atom. The van der Waals surface area contributed by atoms with E-state index in [0.29, 0.717) is 5.25 Å². The molecule has 3 atom stereocenters. The summed E-state index contributed by atoms with van der Waals surface area (Å²) < 4.78 is 2.43. The van der Waals surface area contributed by atoms with Crippen LogP contribution >= 0.6 is 11.8 Å². The van der Waals surface area contributed by atoms with Crippen molar-refractivity contribution < 1.29 is 0 Å². The molecule has 2 aliphatic rings. The van der Waals surface area contributed by atoms with Crippen LogP contribution < -0.4 is 0 Å². The number of fused-ring (bicyclic) bond motifs is 1. The Hall–Kier alpha value is -2.53. The van der Waals surface area contributed by atoms with Crippen molar-refractivity contribution in [2.24, 2.45) is 4.99 Å². The van der Waals surface area contributed by atoms with Gasteiger partial charge in [-0.3, -0.25) is 9.98 Å². The summed E-state index contributed by atoms with van der Waals surface area (Å²) in [5.41, 5.74) is 8.90. The zero-order chi connectivity index (χ0) is 21.0. The summed E-state index contributed by atoms with van der Waals surface area (Å²) in [4.78, 5) is 12.3. The number of benzene rings is 1. The van der Waals surface area contributed by atoms with E-state index < -0.39 is 0 Å². The highest BCUT2D eigenvalue weighted by atomic mass is 32.2. The van der Waals surface area contributed by atoms with E-state index in [9.17, 15) is 0 Å². The molecule has 5 heteroatoms. The van der Waals surface area contributed by atoms with Gasteiger partial charge in [0, 0.05) is 29.4 Å². The summed E-state index contributed by atoms with van der Waals surface area (Å²) >= 11 is 1.89. The smallest absolute Gasteiger partial charge is 0.160 e. The minimum Gasteiger partial charge on any atom is -0.341 e. The third-order valence-corrected chi connectivity index (χ3v) is 7.44. The van der Waals surface area contributed by atoms with Gasteiger partial charge in [-0.15, -0.1) is 0 Å². The zero-order valence-corrected chi connectivity index (χ0v) is 19.1. The molecule has 0 spiro atoms. The van der Waals surface area contributed by atoms with Gasteiger partial charge in [0.05, 0.1) is 17.4 Å². The number of aromatic nitrogens is 2. The van der Waals surface area contributed by atoms with Gasteiger partial charge in [0.2, 0.25) is 0 Å². The second-order valence-electron chi connectivity index (χ2n) is 8.54. The van der Waals surface area contributed by atoms with Crippen molar-refractivity contribution in [1.82, 2.24) is 14.5 Å². The number of rotatable bonds is 3. The van der Waals surface area contributed by atoms with Crippen LogP contribution in [-0.4, -0.2) is 31.4 Å². The van der Waals surface area contributed by atoms with E-state index in [4.69, 9.17) is 4.99 Å². The zero-order valence-electron chi connectivity index (χ0n) is 18.3. The number of aliphatic imine (C=N–C) groups is 1. The Kier molecular flexibility index (Phi) is 4.73. The summed E-state index contributed by atoms with van der Waals surface area (Å²) in [5.74, 6) is 0. The molecule has 3 aromatic rings. The van der Waals surface area contributed by atoms with Crippen molar-refractivity contribution in [2.75, 3.05) is 6.54 Å². The van der Waals surface area contributed by atoms with E-state index in [1.165, 1.54) is 38.9 Å². The molecule has 0 amide bonds. The average Bonchev–Trinajstić information content (AvgIpc) is 3.33. The van der Waals surface area contributed by atoms with Crippen LogP contribution in [0, 0.1) is 27.7 Å². The molecule has 1 saturated heterocycles. The standard InChI is InChI=1S/C25H28N4S/c1-15-9-8-10-16(2)23(15)29-17(3)13-20(19(29)5)24-22(21-11-6-7-12-26-21)27-25-28(24)14-18(4)30-25/h6-13,18,22,24H,14H2,1-5H3/t18-,22+,24-/m1/s1. The number of amidine groups is 1. The molecule has 0 N–H and O–H groups in total. The molecule has 1 fully saturated rings. The van der Waals surface area contributed by atoms with E-state index >= 15 is 0 Å². The van der Waals surface area contributed by atoms with Crippen molar-refractivity contribution in [3.8, 4) is 5.69 Å². The molecule has 5 rings (SSSR count). The van der Waals surface area contributed by atoms with E-state index in [2.05, 4.69) is 85.5 Å². The number of para-hydroxylation sites is 1. The molecule has 30 heavy (non-hydrogen) atoms. The minimum absolute atomic E-state index is 0.0353. The second kappa shape index (κ2) is 7.31. The van der Waals surface area contributed by atoms with Crippen LogP contribution in [0.4, 0.5) is 0 Å². The van der Waals surface area contributed by atoms with Crippen molar-refractivity contribution in [1.29, 1.82) is 0 Å². The second-order valence-corrected chi connectivity index (χ2v) is 9.94. The van der Waals surface area contributed by atoms with E-state index in [1.807, 2.05) is 24.0 Å². The average molecular weight is 417 g/mol. The molecule has 154 valence electrons. The van der Waals surface area contributed by atoms with Gasteiger partial charge in [0.25, 0.3) is 0 Å². The van der Waals surface area contributed by atoms with Gasteiger partial charge in [-0.2, -0.15) is 0 Å². The maximum atomic E-state index is 5.15. The molecule has 0 bridgehead atoms. The third kappa shape index (κ3) is 2.99. The van der Waals surface area contributed by atoms with Crippen LogP contribution in [0.3, 0.4) is 0 Å². The van der Waals surface area contributed by atoms with Gasteiger partial charge in [-0.05, 0) is 62.6 Å². The van der Waals surface area contributed by atoms with Gasteiger partial charge in [0.1, 0.15) is 6.04 Å². The molecular weight excluding hydrogens is 388 g/mol. The van der Waals surface area contributed by atoms with Crippen LogP contribution in [0.1, 0.15) is 52.8 Å². The van der Waals surface area contributed by atoms with E-state index in [1.54, 1.807) is 0 Å². The van der Waals surface area contributed by atoms with Gasteiger partial charge in [-0.25, -0.2) is 0 Å². The van der Waals surface area contributed by atoms with Crippen LogP contribution in [0.25, 0.3) is 5.69 Å². The summed E-state index contributed by atoms with van der Waals surface area (Å²) in [6.45, 7) is 12.2. The molecule has 1 aromatic carbocycles. The summed E-state index contributed by atoms with van der Waals surface area (Å²) in [5, 5.41) is 1.73. The quantitative estimate of drug-likeness (QED) is 0.549. The number of thioether (sulfide) groups is 1. The fraction of sp³-hybridized carbons (Fsp3) is 0.360. The lowest BCUT2D eigenvalue weighted by Gasteiger charge is -2.27. The Morgan fingerprint density at radius 2 is 1.77 bits per heavy atom. The van der Waals surface area contributed by atoms with Crippen molar-refractivity contribution in [3.63, 3.8) is 0 Å². The van der Waals surface area contributed by atoms with Crippen molar-refractivity contribution >= 4 is 16.9 Å². The maximum Gasteiger partial charge on any atom is 0.160 e. The monoisotopic (exact) mass is 416 g/mol. The van der Waals surface area contributed by atoms with Gasteiger partial charge < -0.3 is 9.47 Å². The van der Waals surface area contributed by atoms with Crippen molar-refractivity contribution in [2.45, 2.75) is 52.0 Å². The largest absolute Gasteiger partial charge is 0.341 e. The lowest BCUT2D eigenvalue weighted by Crippen LogP contribution is -2.29. The number of pyridine rings is 1. The van der Waals surface area contributed by atoms with Gasteiger partial charge in [-0.1, -0.05) is 43.0 Å². The molecule has 0 radical (unpaired) electrons. The summed E-state index contributed by atoms with van der Waals surface area (Å²) in [7, 11) is 0. The Morgan fingerprint density at radius 3 is 2.47 bits per heavy atom. The normalized spacial score (nSPS) is 23.0. The first-order chi connectivity index (χ1) is 14.5. The fourth-order valence-electron chi connectivity index (χ4n) is 5.04. The van der Waals surface area contributed by atoms with Crippen molar-refractivity contribution in [3.05, 3.63) is 82.4 Å². The third-order valence-electron chi connectivity index (χ3n) is 6.33. The first-order valence-corrected chi connectivity index (χ1v) is 11.5. The summed E-state index contributed by atoms with van der Waals surface area (Å²) in [6.07, 6.45) is 1.88. The summed E-state index contributed by atoms with van der Waals surface area (Å²) in [6, 6.07) is 15.3. The maximum absolute atomic E-state index is 5.15. The molecule has 2 aliphatic heterocycles. The number of nitrogens with zero attached hydrogens (tertiary/aromatic N) is 4. The molecular formula is C25H28N4S. The highest BCUT2D eigenvalue weighted by Crippen LogP contribution is 2.49. The first-order valence-electron chi connectivity index (χ1n) is 10.6. The number of hydrogen-bond donors (Lipinski definition) is 0. The molecule has 0 unspecified atom stereocenters. The fourth-order valence-corrected chi connectivity index (χ4v) is 6.14. The lowest BCUT2D eigenvalue weighted by molar-refractivity contribution is 0.320. The van der Waals surface area contributed by atoms with Crippen LogP contribution in [0.5, 0.6) is 0 Å². The first kappa shape index (κ1) is 19.4.